The predicted octanol–water partition coefficient (Wildman–Crippen LogP) is 2.19. The number of nitrogens with one attached hydrogen (secondary N) is 1. The Balaban J connectivity index is 1.89. The number of anilines is 1. The number of pyridine rings is 1. The van der Waals surface area contributed by atoms with E-state index in [0.29, 0.717) is 0 Å². The van der Waals surface area contributed by atoms with Gasteiger partial charge in [0.15, 0.2) is 0 Å². The minimum absolute atomic E-state index is 0.0677. The Kier molecular flexibility index (Phi) is 3.23. The summed E-state index contributed by atoms with van der Waals surface area (Å²) in [5, 5.41) is 3.32. The molecule has 5 heteroatoms. The summed E-state index contributed by atoms with van der Waals surface area (Å²) in [6.07, 6.45) is 1.72. The van der Waals surface area contributed by atoms with Crippen LogP contribution in [0.3, 0.4) is 0 Å². The van der Waals surface area contributed by atoms with Crippen molar-refractivity contribution >= 4 is 23.4 Å². The number of fused-ring (bicyclic) bond motifs is 1. The van der Waals surface area contributed by atoms with Gasteiger partial charge in [0.1, 0.15) is 10.3 Å². The summed E-state index contributed by atoms with van der Waals surface area (Å²) in [5.41, 5.74) is 7.92. The van der Waals surface area contributed by atoms with Gasteiger partial charge < -0.3 is 11.1 Å². The molecule has 0 spiro atoms. The van der Waals surface area contributed by atoms with Crippen LogP contribution in [-0.2, 0) is 4.79 Å². The number of carbonyl (C=O) groups is 1. The molecule has 1 unspecified atom stereocenters. The second-order valence-corrected chi connectivity index (χ2v) is 5.45. The highest BCUT2D eigenvalue weighted by Crippen LogP contribution is 2.38. The highest BCUT2D eigenvalue weighted by Gasteiger charge is 2.33. The van der Waals surface area contributed by atoms with E-state index in [1.807, 2.05) is 36.4 Å². The molecular weight excluding hydrogens is 258 g/mol. The van der Waals surface area contributed by atoms with Crippen LogP contribution in [0.4, 0.5) is 5.69 Å². The van der Waals surface area contributed by atoms with Crippen molar-refractivity contribution in [3.63, 3.8) is 0 Å². The third kappa shape index (κ3) is 2.34. The Labute approximate surface area is 115 Å². The maximum Gasteiger partial charge on any atom is 0.239 e. The van der Waals surface area contributed by atoms with Crippen molar-refractivity contribution in [2.75, 3.05) is 5.32 Å². The number of amides is 1. The largest absolute Gasteiger partial charge is 0.323 e. The number of aromatic nitrogens is 1. The van der Waals surface area contributed by atoms with E-state index in [4.69, 9.17) is 5.73 Å². The molecule has 2 aromatic rings. The topological polar surface area (TPSA) is 68.0 Å². The molecular formula is C14H13N3OS. The molecule has 3 rings (SSSR count). The summed E-state index contributed by atoms with van der Waals surface area (Å²) in [5.74, 6) is -0.0677. The quantitative estimate of drug-likeness (QED) is 0.878. The summed E-state index contributed by atoms with van der Waals surface area (Å²) >= 11 is 1.42. The molecule has 0 bridgehead atoms. The molecule has 0 radical (unpaired) electrons. The van der Waals surface area contributed by atoms with Gasteiger partial charge in [-0.3, -0.25) is 4.79 Å². The molecule has 96 valence electrons. The number of rotatable bonds is 2. The van der Waals surface area contributed by atoms with E-state index < -0.39 is 0 Å². The van der Waals surface area contributed by atoms with Crippen molar-refractivity contribution in [3.05, 3.63) is 54.2 Å². The van der Waals surface area contributed by atoms with Crippen LogP contribution in [0.15, 0.2) is 53.7 Å². The van der Waals surface area contributed by atoms with Gasteiger partial charge in [0.2, 0.25) is 5.91 Å². The van der Waals surface area contributed by atoms with Crippen LogP contribution in [0.1, 0.15) is 11.6 Å². The van der Waals surface area contributed by atoms with Crippen LogP contribution < -0.4 is 11.1 Å². The fourth-order valence-electron chi connectivity index (χ4n) is 2.04. The lowest BCUT2D eigenvalue weighted by molar-refractivity contribution is -0.116. The molecule has 2 heterocycles. The van der Waals surface area contributed by atoms with Gasteiger partial charge in [-0.15, -0.1) is 0 Å². The molecule has 1 aromatic carbocycles. The molecule has 1 aliphatic rings. The van der Waals surface area contributed by atoms with E-state index in [0.717, 1.165) is 16.3 Å². The molecule has 3 N–H and O–H groups in total. The third-order valence-corrected chi connectivity index (χ3v) is 4.35. The van der Waals surface area contributed by atoms with Crippen molar-refractivity contribution < 1.29 is 4.79 Å². The van der Waals surface area contributed by atoms with E-state index in [1.54, 1.807) is 12.3 Å². The molecule has 2 atom stereocenters. The molecule has 1 amide bonds. The molecule has 0 fully saturated rings. The molecule has 0 saturated heterocycles. The number of hydrogen-bond acceptors (Lipinski definition) is 4. The van der Waals surface area contributed by atoms with Crippen molar-refractivity contribution in [1.29, 1.82) is 0 Å². The smallest absolute Gasteiger partial charge is 0.239 e. The lowest BCUT2D eigenvalue weighted by Crippen LogP contribution is -2.37. The van der Waals surface area contributed by atoms with Gasteiger partial charge in [-0.1, -0.05) is 42.1 Å². The van der Waals surface area contributed by atoms with Gasteiger partial charge in [0, 0.05) is 6.20 Å². The maximum atomic E-state index is 12.1. The summed E-state index contributed by atoms with van der Waals surface area (Å²) in [4.78, 5) is 16.4. The Morgan fingerprint density at radius 1 is 1.21 bits per heavy atom. The molecule has 1 aliphatic heterocycles. The highest BCUT2D eigenvalue weighted by atomic mass is 32.2. The summed E-state index contributed by atoms with van der Waals surface area (Å²) < 4.78 is 0. The Bertz CT molecular complexity index is 603. The zero-order chi connectivity index (χ0) is 13.2. The van der Waals surface area contributed by atoms with Crippen molar-refractivity contribution in [1.82, 2.24) is 4.98 Å². The van der Waals surface area contributed by atoms with Gasteiger partial charge in [0.05, 0.1) is 11.7 Å². The van der Waals surface area contributed by atoms with Crippen LogP contribution >= 0.6 is 11.8 Å². The Morgan fingerprint density at radius 3 is 2.79 bits per heavy atom. The zero-order valence-electron chi connectivity index (χ0n) is 10.1. The van der Waals surface area contributed by atoms with Crippen molar-refractivity contribution in [3.8, 4) is 0 Å². The first kappa shape index (κ1) is 12.2. The van der Waals surface area contributed by atoms with E-state index in [-0.39, 0.29) is 17.2 Å². The number of benzene rings is 1. The number of nitrogens with two attached hydrogens (primary N) is 1. The number of nitrogens with zero attached hydrogens (tertiary/aromatic N) is 1. The first-order valence-electron chi connectivity index (χ1n) is 5.99. The second kappa shape index (κ2) is 5.03. The predicted molar refractivity (Wildman–Crippen MR) is 75.9 cm³/mol. The van der Waals surface area contributed by atoms with Crippen LogP contribution in [0.2, 0.25) is 0 Å². The fraction of sp³-hybridized carbons (Fsp3) is 0.143. The zero-order valence-corrected chi connectivity index (χ0v) is 10.9. The molecule has 0 aliphatic carbocycles. The van der Waals surface area contributed by atoms with Gasteiger partial charge in [0.25, 0.3) is 0 Å². The SMILES string of the molecule is N[C@H](c1ccccc1)C1Sc2ncccc2NC1=O. The number of thioether (sulfide) groups is 1. The van der Waals surface area contributed by atoms with E-state index >= 15 is 0 Å². The first-order valence-corrected chi connectivity index (χ1v) is 6.87. The van der Waals surface area contributed by atoms with Crippen molar-refractivity contribution in [2.45, 2.75) is 16.3 Å². The standard InChI is InChI=1S/C14H13N3OS/c15-11(9-5-2-1-3-6-9)12-13(18)17-10-7-4-8-16-14(10)19-12/h1-8,11-12H,15H2,(H,17,18)/t11-,12?/m1/s1. The summed E-state index contributed by atoms with van der Waals surface area (Å²) in [7, 11) is 0. The van der Waals surface area contributed by atoms with Gasteiger partial charge >= 0.3 is 0 Å². The molecule has 4 nitrogen and oxygen atoms in total. The molecule has 0 saturated carbocycles. The molecule has 1 aromatic heterocycles. The Morgan fingerprint density at radius 2 is 2.00 bits per heavy atom. The molecule has 19 heavy (non-hydrogen) atoms. The monoisotopic (exact) mass is 271 g/mol. The Hall–Kier alpha value is -1.85. The highest BCUT2D eigenvalue weighted by molar-refractivity contribution is 8.00. The van der Waals surface area contributed by atoms with Crippen molar-refractivity contribution in [2.24, 2.45) is 5.73 Å². The van der Waals surface area contributed by atoms with Gasteiger partial charge in [-0.25, -0.2) is 4.98 Å². The average molecular weight is 271 g/mol. The summed E-state index contributed by atoms with van der Waals surface area (Å²) in [6, 6.07) is 13.0. The first-order chi connectivity index (χ1) is 9.25. The third-order valence-electron chi connectivity index (χ3n) is 3.04. The lowest BCUT2D eigenvalue weighted by atomic mass is 10.0. The number of hydrogen-bond donors (Lipinski definition) is 2. The van der Waals surface area contributed by atoms with Crippen LogP contribution in [0.5, 0.6) is 0 Å². The van der Waals surface area contributed by atoms with Gasteiger partial charge in [-0.05, 0) is 17.7 Å². The van der Waals surface area contributed by atoms with Crippen LogP contribution in [-0.4, -0.2) is 16.1 Å². The maximum absolute atomic E-state index is 12.1. The fourth-order valence-corrected chi connectivity index (χ4v) is 3.12. The average Bonchev–Trinajstić information content (AvgIpc) is 2.47. The minimum atomic E-state index is -0.357. The van der Waals surface area contributed by atoms with Gasteiger partial charge in [-0.2, -0.15) is 0 Å². The summed E-state index contributed by atoms with van der Waals surface area (Å²) in [6.45, 7) is 0. The van der Waals surface area contributed by atoms with Crippen LogP contribution in [0, 0.1) is 0 Å². The van der Waals surface area contributed by atoms with E-state index in [2.05, 4.69) is 10.3 Å². The lowest BCUT2D eigenvalue weighted by Gasteiger charge is -2.27. The minimum Gasteiger partial charge on any atom is -0.323 e. The normalized spacial score (nSPS) is 19.4. The van der Waals surface area contributed by atoms with E-state index in [9.17, 15) is 4.79 Å². The number of carbonyl (C=O) groups excluding carboxylic acids is 1. The second-order valence-electron chi connectivity index (χ2n) is 4.32. The van der Waals surface area contributed by atoms with E-state index in [1.165, 1.54) is 11.8 Å². The van der Waals surface area contributed by atoms with Crippen LogP contribution in [0.25, 0.3) is 0 Å².